The summed E-state index contributed by atoms with van der Waals surface area (Å²) in [6.07, 6.45) is 6.96. The largest absolute Gasteiger partial charge is 0.465 e. The molecular weight excluding hydrogens is 248 g/mol. The molecule has 1 aromatic heterocycles. The minimum absolute atomic E-state index is 0.763. The van der Waals surface area contributed by atoms with E-state index in [0.717, 1.165) is 43.1 Å². The van der Waals surface area contributed by atoms with Gasteiger partial charge in [0.1, 0.15) is 11.5 Å². The molecule has 0 aliphatic heterocycles. The Bertz CT molecular complexity index is 432. The Kier molecular flexibility index (Phi) is 4.47. The van der Waals surface area contributed by atoms with Crippen LogP contribution < -0.4 is 5.32 Å². The Hall–Kier alpha value is -0.800. The molecule has 0 unspecified atom stereocenters. The van der Waals surface area contributed by atoms with E-state index in [0.29, 0.717) is 0 Å². The molecule has 1 heterocycles. The molecule has 0 atom stereocenters. The summed E-state index contributed by atoms with van der Waals surface area (Å²) >= 11 is 0. The monoisotopic (exact) mass is 276 g/mol. The summed E-state index contributed by atoms with van der Waals surface area (Å²) in [4.78, 5) is 2.53. The van der Waals surface area contributed by atoms with Gasteiger partial charge in [-0.15, -0.1) is 0 Å². The second-order valence-corrected chi connectivity index (χ2v) is 6.57. The van der Waals surface area contributed by atoms with Crippen LogP contribution in [0.15, 0.2) is 10.5 Å². The first-order valence-electron chi connectivity index (χ1n) is 8.28. The molecule has 0 saturated heterocycles. The maximum Gasteiger partial charge on any atom is 0.118 e. The molecule has 3 heteroatoms. The van der Waals surface area contributed by atoms with Crippen molar-refractivity contribution < 1.29 is 4.42 Å². The molecule has 0 aromatic carbocycles. The van der Waals surface area contributed by atoms with Gasteiger partial charge in [0.2, 0.25) is 0 Å². The Morgan fingerprint density at radius 2 is 2.10 bits per heavy atom. The highest BCUT2D eigenvalue weighted by Crippen LogP contribution is 2.28. The van der Waals surface area contributed by atoms with Gasteiger partial charge in [0, 0.05) is 24.7 Å². The predicted molar refractivity (Wildman–Crippen MR) is 81.6 cm³/mol. The van der Waals surface area contributed by atoms with Crippen LogP contribution in [0.1, 0.15) is 56.1 Å². The molecule has 2 saturated carbocycles. The quantitative estimate of drug-likeness (QED) is 0.788. The maximum absolute atomic E-state index is 5.95. The normalized spacial score (nSPS) is 19.6. The number of hydrogen-bond acceptors (Lipinski definition) is 3. The van der Waals surface area contributed by atoms with Crippen LogP contribution in [0.25, 0.3) is 0 Å². The standard InChI is InChI=1S/C17H28N2O/c1-3-19(11-14-5-4-6-14)12-17-9-15(13(2)20-17)10-18-16-7-8-16/h9,14,16,18H,3-8,10-12H2,1-2H3. The Labute approximate surface area is 122 Å². The third kappa shape index (κ3) is 3.64. The topological polar surface area (TPSA) is 28.4 Å². The minimum atomic E-state index is 0.763. The number of furan rings is 1. The lowest BCUT2D eigenvalue weighted by Gasteiger charge is -2.31. The number of rotatable bonds is 8. The number of nitrogens with zero attached hydrogens (tertiary/aromatic N) is 1. The van der Waals surface area contributed by atoms with E-state index < -0.39 is 0 Å². The fourth-order valence-corrected chi connectivity index (χ4v) is 2.95. The molecule has 3 rings (SSSR count). The lowest BCUT2D eigenvalue weighted by Crippen LogP contribution is -2.31. The lowest BCUT2D eigenvalue weighted by molar-refractivity contribution is 0.168. The van der Waals surface area contributed by atoms with Gasteiger partial charge in [-0.05, 0) is 51.1 Å². The number of hydrogen-bond donors (Lipinski definition) is 1. The van der Waals surface area contributed by atoms with Crippen molar-refractivity contribution in [3.63, 3.8) is 0 Å². The molecule has 3 nitrogen and oxygen atoms in total. The van der Waals surface area contributed by atoms with E-state index >= 15 is 0 Å². The summed E-state index contributed by atoms with van der Waals surface area (Å²) in [5.74, 6) is 3.16. The smallest absolute Gasteiger partial charge is 0.118 e. The van der Waals surface area contributed by atoms with Gasteiger partial charge in [-0.25, -0.2) is 0 Å². The summed E-state index contributed by atoms with van der Waals surface area (Å²) in [5, 5.41) is 3.57. The van der Waals surface area contributed by atoms with E-state index in [-0.39, 0.29) is 0 Å². The van der Waals surface area contributed by atoms with Crippen molar-refractivity contribution in [3.8, 4) is 0 Å². The third-order valence-electron chi connectivity index (χ3n) is 4.80. The Balaban J connectivity index is 1.53. The highest BCUT2D eigenvalue weighted by molar-refractivity contribution is 5.21. The van der Waals surface area contributed by atoms with E-state index in [1.54, 1.807) is 0 Å². The van der Waals surface area contributed by atoms with Gasteiger partial charge in [-0.3, -0.25) is 4.90 Å². The first kappa shape index (κ1) is 14.2. The summed E-state index contributed by atoms with van der Waals surface area (Å²) in [7, 11) is 0. The van der Waals surface area contributed by atoms with Crippen LogP contribution in [-0.4, -0.2) is 24.0 Å². The van der Waals surface area contributed by atoms with Crippen molar-refractivity contribution in [2.24, 2.45) is 5.92 Å². The van der Waals surface area contributed by atoms with Crippen LogP contribution in [0.3, 0.4) is 0 Å². The van der Waals surface area contributed by atoms with Crippen molar-refractivity contribution in [3.05, 3.63) is 23.2 Å². The van der Waals surface area contributed by atoms with E-state index in [1.807, 2.05) is 0 Å². The summed E-state index contributed by atoms with van der Waals surface area (Å²) in [6.45, 7) is 8.64. The second kappa shape index (κ2) is 6.31. The van der Waals surface area contributed by atoms with E-state index in [1.165, 1.54) is 44.2 Å². The first-order valence-corrected chi connectivity index (χ1v) is 8.28. The van der Waals surface area contributed by atoms with Crippen molar-refractivity contribution >= 4 is 0 Å². The molecule has 0 radical (unpaired) electrons. The van der Waals surface area contributed by atoms with Crippen LogP contribution in [0.4, 0.5) is 0 Å². The van der Waals surface area contributed by atoms with Gasteiger partial charge in [-0.1, -0.05) is 13.3 Å². The first-order chi connectivity index (χ1) is 9.74. The van der Waals surface area contributed by atoms with E-state index in [4.69, 9.17) is 4.42 Å². The SMILES string of the molecule is CCN(Cc1cc(CNC2CC2)c(C)o1)CC1CCC1. The second-order valence-electron chi connectivity index (χ2n) is 6.57. The summed E-state index contributed by atoms with van der Waals surface area (Å²) in [5.41, 5.74) is 1.34. The van der Waals surface area contributed by atoms with Crippen LogP contribution in [-0.2, 0) is 13.1 Å². The predicted octanol–water partition coefficient (Wildman–Crippen LogP) is 3.46. The van der Waals surface area contributed by atoms with Gasteiger partial charge < -0.3 is 9.73 Å². The van der Waals surface area contributed by atoms with Gasteiger partial charge >= 0.3 is 0 Å². The zero-order valence-corrected chi connectivity index (χ0v) is 13.0. The lowest BCUT2D eigenvalue weighted by atomic mass is 9.85. The van der Waals surface area contributed by atoms with Gasteiger partial charge in [-0.2, -0.15) is 0 Å². The molecule has 0 bridgehead atoms. The third-order valence-corrected chi connectivity index (χ3v) is 4.80. The minimum Gasteiger partial charge on any atom is -0.465 e. The van der Waals surface area contributed by atoms with Crippen LogP contribution >= 0.6 is 0 Å². The molecule has 2 aliphatic rings. The molecule has 20 heavy (non-hydrogen) atoms. The molecule has 1 N–H and O–H groups in total. The fraction of sp³-hybridized carbons (Fsp3) is 0.765. The van der Waals surface area contributed by atoms with Crippen molar-refractivity contribution in [2.45, 2.75) is 65.1 Å². The fourth-order valence-electron chi connectivity index (χ4n) is 2.95. The Morgan fingerprint density at radius 1 is 1.30 bits per heavy atom. The van der Waals surface area contributed by atoms with E-state index in [9.17, 15) is 0 Å². The molecule has 0 amide bonds. The molecule has 1 aromatic rings. The molecule has 2 aliphatic carbocycles. The van der Waals surface area contributed by atoms with Crippen LogP contribution in [0, 0.1) is 12.8 Å². The molecule has 2 fully saturated rings. The number of aryl methyl sites for hydroxylation is 1. The highest BCUT2D eigenvalue weighted by atomic mass is 16.3. The van der Waals surface area contributed by atoms with E-state index in [2.05, 4.69) is 30.1 Å². The van der Waals surface area contributed by atoms with Crippen LogP contribution in [0.5, 0.6) is 0 Å². The maximum atomic E-state index is 5.95. The Morgan fingerprint density at radius 3 is 2.70 bits per heavy atom. The average molecular weight is 276 g/mol. The summed E-state index contributed by atoms with van der Waals surface area (Å²) in [6, 6.07) is 3.02. The zero-order chi connectivity index (χ0) is 13.9. The zero-order valence-electron chi connectivity index (χ0n) is 13.0. The summed E-state index contributed by atoms with van der Waals surface area (Å²) < 4.78 is 5.95. The van der Waals surface area contributed by atoms with Gasteiger partial charge in [0.25, 0.3) is 0 Å². The number of nitrogens with one attached hydrogen (secondary N) is 1. The molecular formula is C17H28N2O. The molecule has 0 spiro atoms. The van der Waals surface area contributed by atoms with Crippen molar-refractivity contribution in [1.82, 2.24) is 10.2 Å². The average Bonchev–Trinajstić information content (AvgIpc) is 3.14. The van der Waals surface area contributed by atoms with Crippen molar-refractivity contribution in [2.75, 3.05) is 13.1 Å². The van der Waals surface area contributed by atoms with Crippen molar-refractivity contribution in [1.29, 1.82) is 0 Å². The molecule has 112 valence electrons. The van der Waals surface area contributed by atoms with Crippen LogP contribution in [0.2, 0.25) is 0 Å². The van der Waals surface area contributed by atoms with Gasteiger partial charge in [0.05, 0.1) is 6.54 Å². The van der Waals surface area contributed by atoms with Gasteiger partial charge in [0.15, 0.2) is 0 Å². The highest BCUT2D eigenvalue weighted by Gasteiger charge is 2.22.